The molecule has 1 aromatic heterocycles. The van der Waals surface area contributed by atoms with Gasteiger partial charge in [0.2, 0.25) is 5.91 Å². The number of nitrogens with two attached hydrogens (primary N) is 1. The molecule has 1 aromatic carbocycles. The fourth-order valence-electron chi connectivity index (χ4n) is 1.87. The third-order valence-electron chi connectivity index (χ3n) is 3.04. The molecule has 0 atom stereocenters. The minimum Gasteiger partial charge on any atom is -0.496 e. The zero-order valence-electron chi connectivity index (χ0n) is 12.1. The largest absolute Gasteiger partial charge is 0.496 e. The summed E-state index contributed by atoms with van der Waals surface area (Å²) in [5.74, 6) is 0.0937. The predicted molar refractivity (Wildman–Crippen MR) is 83.8 cm³/mol. The number of rotatable bonds is 4. The van der Waals surface area contributed by atoms with E-state index in [0.29, 0.717) is 16.3 Å². The molecular formula is C14H17N3O3S. The summed E-state index contributed by atoms with van der Waals surface area (Å²) in [7, 11) is 4.82. The number of fused-ring (bicyclic) bond motifs is 1. The summed E-state index contributed by atoms with van der Waals surface area (Å²) in [5, 5.41) is 3.31. The third-order valence-corrected chi connectivity index (χ3v) is 4.21. The number of carbonyl (C=O) groups excluding carboxylic acids is 2. The highest BCUT2D eigenvalue weighted by Crippen LogP contribution is 2.39. The molecule has 0 saturated carbocycles. The summed E-state index contributed by atoms with van der Waals surface area (Å²) < 4.78 is 6.14. The molecule has 112 valence electrons. The number of ether oxygens (including phenoxy) is 1. The Morgan fingerprint density at radius 2 is 2.10 bits per heavy atom. The van der Waals surface area contributed by atoms with E-state index in [1.165, 1.54) is 16.2 Å². The summed E-state index contributed by atoms with van der Waals surface area (Å²) in [4.78, 5) is 25.5. The molecule has 0 unspecified atom stereocenters. The van der Waals surface area contributed by atoms with E-state index >= 15 is 0 Å². The summed E-state index contributed by atoms with van der Waals surface area (Å²) in [5.41, 5.74) is 6.43. The molecule has 1 heterocycles. The molecule has 0 aliphatic heterocycles. The number of anilines is 1. The lowest BCUT2D eigenvalue weighted by atomic mass is 10.2. The first-order chi connectivity index (χ1) is 9.95. The molecule has 2 amide bonds. The number of methoxy groups -OCH3 is 1. The highest BCUT2D eigenvalue weighted by atomic mass is 32.1. The number of carbonyl (C=O) groups is 2. The molecule has 21 heavy (non-hydrogen) atoms. The van der Waals surface area contributed by atoms with E-state index in [2.05, 4.69) is 5.32 Å². The van der Waals surface area contributed by atoms with Gasteiger partial charge in [0.15, 0.2) is 0 Å². The van der Waals surface area contributed by atoms with Crippen molar-refractivity contribution in [2.75, 3.05) is 33.5 Å². The maximum absolute atomic E-state index is 12.2. The standard InChI is InChI=1S/C14H17N3O3S/c1-17(2)10(18)7-16-14(19)13-12(15)11-8(20-3)5-4-6-9(11)21-13/h4-6H,7,15H2,1-3H3,(H,16,19). The van der Waals surface area contributed by atoms with Gasteiger partial charge in [0.25, 0.3) is 5.91 Å². The fraction of sp³-hybridized carbons (Fsp3) is 0.286. The van der Waals surface area contributed by atoms with Crippen molar-refractivity contribution in [3.63, 3.8) is 0 Å². The Morgan fingerprint density at radius 3 is 2.71 bits per heavy atom. The van der Waals surface area contributed by atoms with Crippen LogP contribution in [-0.2, 0) is 4.79 Å². The second-order valence-corrected chi connectivity index (χ2v) is 5.70. The normalized spacial score (nSPS) is 10.4. The zero-order valence-corrected chi connectivity index (χ0v) is 12.9. The SMILES string of the molecule is COc1cccc2sc(C(=O)NCC(=O)N(C)C)c(N)c12. The second-order valence-electron chi connectivity index (χ2n) is 4.65. The molecular weight excluding hydrogens is 290 g/mol. The molecule has 0 fully saturated rings. The number of nitrogen functional groups attached to an aromatic ring is 1. The van der Waals surface area contributed by atoms with Crippen LogP contribution in [0.4, 0.5) is 5.69 Å². The number of likely N-dealkylation sites (N-methyl/N-ethyl adjacent to an activating group) is 1. The van der Waals surface area contributed by atoms with Gasteiger partial charge in [-0.05, 0) is 12.1 Å². The van der Waals surface area contributed by atoms with Crippen LogP contribution in [0.3, 0.4) is 0 Å². The van der Waals surface area contributed by atoms with Crippen molar-refractivity contribution in [2.24, 2.45) is 0 Å². The van der Waals surface area contributed by atoms with Gasteiger partial charge in [0, 0.05) is 18.8 Å². The number of thiophene rings is 1. The molecule has 0 bridgehead atoms. The average Bonchev–Trinajstić information content (AvgIpc) is 2.81. The average molecular weight is 307 g/mol. The number of hydrogen-bond acceptors (Lipinski definition) is 5. The van der Waals surface area contributed by atoms with E-state index in [1.54, 1.807) is 27.3 Å². The fourth-order valence-corrected chi connectivity index (χ4v) is 2.93. The lowest BCUT2D eigenvalue weighted by Gasteiger charge is -2.10. The van der Waals surface area contributed by atoms with Gasteiger partial charge in [0.05, 0.1) is 24.7 Å². The van der Waals surface area contributed by atoms with Crippen molar-refractivity contribution in [3.8, 4) is 5.75 Å². The van der Waals surface area contributed by atoms with E-state index in [0.717, 1.165) is 10.1 Å². The van der Waals surface area contributed by atoms with Crippen molar-refractivity contribution in [2.45, 2.75) is 0 Å². The summed E-state index contributed by atoms with van der Waals surface area (Å²) in [6.45, 7) is -0.0589. The van der Waals surface area contributed by atoms with Crippen LogP contribution >= 0.6 is 11.3 Å². The van der Waals surface area contributed by atoms with Gasteiger partial charge in [-0.15, -0.1) is 11.3 Å². The quantitative estimate of drug-likeness (QED) is 0.892. The Labute approximate surface area is 126 Å². The first kappa shape index (κ1) is 15.1. The molecule has 6 nitrogen and oxygen atoms in total. The molecule has 0 radical (unpaired) electrons. The van der Waals surface area contributed by atoms with Crippen LogP contribution in [0, 0.1) is 0 Å². The highest BCUT2D eigenvalue weighted by molar-refractivity contribution is 7.21. The van der Waals surface area contributed by atoms with Crippen LogP contribution in [-0.4, -0.2) is 44.5 Å². The van der Waals surface area contributed by atoms with Gasteiger partial charge < -0.3 is 20.7 Å². The number of hydrogen-bond donors (Lipinski definition) is 2. The molecule has 2 aromatic rings. The monoisotopic (exact) mass is 307 g/mol. The summed E-state index contributed by atoms with van der Waals surface area (Å²) in [6, 6.07) is 5.51. The van der Waals surface area contributed by atoms with Gasteiger partial charge in [-0.2, -0.15) is 0 Å². The maximum atomic E-state index is 12.2. The van der Waals surface area contributed by atoms with Crippen molar-refractivity contribution < 1.29 is 14.3 Å². The van der Waals surface area contributed by atoms with Gasteiger partial charge >= 0.3 is 0 Å². The predicted octanol–water partition coefficient (Wildman–Crippen LogP) is 1.31. The molecule has 7 heteroatoms. The minimum absolute atomic E-state index is 0.0589. The van der Waals surface area contributed by atoms with Crippen LogP contribution in [0.25, 0.3) is 10.1 Å². The van der Waals surface area contributed by atoms with E-state index in [1.807, 2.05) is 12.1 Å². The van der Waals surface area contributed by atoms with Crippen molar-refractivity contribution in [1.82, 2.24) is 10.2 Å². The number of amides is 2. The summed E-state index contributed by atoms with van der Waals surface area (Å²) in [6.07, 6.45) is 0. The van der Waals surface area contributed by atoms with E-state index in [4.69, 9.17) is 10.5 Å². The van der Waals surface area contributed by atoms with Gasteiger partial charge in [0.1, 0.15) is 10.6 Å². The number of nitrogens with one attached hydrogen (secondary N) is 1. The zero-order chi connectivity index (χ0) is 15.6. The van der Waals surface area contributed by atoms with E-state index < -0.39 is 0 Å². The topological polar surface area (TPSA) is 84.7 Å². The molecule has 0 spiro atoms. The first-order valence-electron chi connectivity index (χ1n) is 6.29. The first-order valence-corrected chi connectivity index (χ1v) is 7.10. The third kappa shape index (κ3) is 2.92. The van der Waals surface area contributed by atoms with Crippen LogP contribution in [0.15, 0.2) is 18.2 Å². The van der Waals surface area contributed by atoms with Gasteiger partial charge in [-0.3, -0.25) is 9.59 Å². The molecule has 2 rings (SSSR count). The van der Waals surface area contributed by atoms with Gasteiger partial charge in [-0.25, -0.2) is 0 Å². The lowest BCUT2D eigenvalue weighted by Crippen LogP contribution is -2.36. The Kier molecular flexibility index (Phi) is 4.32. The van der Waals surface area contributed by atoms with E-state index in [-0.39, 0.29) is 18.4 Å². The van der Waals surface area contributed by atoms with Crippen LogP contribution in [0.2, 0.25) is 0 Å². The van der Waals surface area contributed by atoms with E-state index in [9.17, 15) is 9.59 Å². The smallest absolute Gasteiger partial charge is 0.263 e. The minimum atomic E-state index is -0.356. The van der Waals surface area contributed by atoms with Crippen LogP contribution < -0.4 is 15.8 Å². The molecule has 0 saturated heterocycles. The Morgan fingerprint density at radius 1 is 1.38 bits per heavy atom. The molecule has 0 aliphatic carbocycles. The Bertz CT molecular complexity index is 694. The number of benzene rings is 1. The van der Waals surface area contributed by atoms with Crippen LogP contribution in [0.5, 0.6) is 5.75 Å². The van der Waals surface area contributed by atoms with Crippen molar-refractivity contribution in [3.05, 3.63) is 23.1 Å². The maximum Gasteiger partial charge on any atom is 0.263 e. The second kappa shape index (κ2) is 6.01. The van der Waals surface area contributed by atoms with Gasteiger partial charge in [-0.1, -0.05) is 6.07 Å². The highest BCUT2D eigenvalue weighted by Gasteiger charge is 2.19. The number of nitrogens with zero attached hydrogens (tertiary/aromatic N) is 1. The Balaban J connectivity index is 2.28. The van der Waals surface area contributed by atoms with Crippen molar-refractivity contribution in [1.29, 1.82) is 0 Å². The van der Waals surface area contributed by atoms with Crippen LogP contribution in [0.1, 0.15) is 9.67 Å². The molecule has 0 aliphatic rings. The molecule has 3 N–H and O–H groups in total. The summed E-state index contributed by atoms with van der Waals surface area (Å²) >= 11 is 1.28. The van der Waals surface area contributed by atoms with Crippen molar-refractivity contribution >= 4 is 38.9 Å². The Hall–Kier alpha value is -2.28. The lowest BCUT2D eigenvalue weighted by molar-refractivity contribution is -0.127.